The lowest BCUT2D eigenvalue weighted by molar-refractivity contribution is 0.233. The van der Waals surface area contributed by atoms with Crippen LogP contribution in [-0.4, -0.2) is 14.8 Å². The second-order valence-corrected chi connectivity index (χ2v) is 8.57. The summed E-state index contributed by atoms with van der Waals surface area (Å²) in [6.45, 7) is 2.09. The van der Waals surface area contributed by atoms with E-state index in [0.717, 1.165) is 42.1 Å². The molecule has 31 heavy (non-hydrogen) atoms. The highest BCUT2D eigenvalue weighted by Crippen LogP contribution is 2.41. The number of hydrogen-bond donors (Lipinski definition) is 1. The number of H-pyrrole nitrogens is 1. The molecule has 156 valence electrons. The van der Waals surface area contributed by atoms with Crippen molar-refractivity contribution in [3.63, 3.8) is 0 Å². The Hall–Kier alpha value is -3.46. The first kappa shape index (κ1) is 19.5. The van der Waals surface area contributed by atoms with Crippen LogP contribution in [0.1, 0.15) is 55.7 Å². The van der Waals surface area contributed by atoms with E-state index in [0.29, 0.717) is 22.8 Å². The Labute approximate surface area is 179 Å². The molecule has 0 saturated heterocycles. The molecule has 1 N–H and O–H groups in total. The van der Waals surface area contributed by atoms with Crippen LogP contribution in [0.4, 0.5) is 4.39 Å². The van der Waals surface area contributed by atoms with Crippen molar-refractivity contribution in [2.75, 3.05) is 0 Å². The average molecular weight is 414 g/mol. The second-order valence-electron chi connectivity index (χ2n) is 8.57. The van der Waals surface area contributed by atoms with Crippen molar-refractivity contribution in [2.45, 2.75) is 44.6 Å². The van der Waals surface area contributed by atoms with Gasteiger partial charge in [0.2, 0.25) is 0 Å². The van der Waals surface area contributed by atoms with Gasteiger partial charge in [0.15, 0.2) is 0 Å². The number of benzene rings is 2. The fraction of sp³-hybridized carbons (Fsp3) is 0.320. The summed E-state index contributed by atoms with van der Waals surface area (Å²) in [5.74, 6) is 0.512. The molecule has 0 spiro atoms. The summed E-state index contributed by atoms with van der Waals surface area (Å²) in [7, 11) is 0. The first-order chi connectivity index (χ1) is 15.0. The third-order valence-electron chi connectivity index (χ3n) is 6.88. The minimum absolute atomic E-state index is 0.0398. The van der Waals surface area contributed by atoms with Crippen molar-refractivity contribution in [2.24, 2.45) is 5.92 Å². The maximum atomic E-state index is 13.8. The molecule has 6 heteroatoms. The molecule has 1 fully saturated rings. The predicted octanol–water partition coefficient (Wildman–Crippen LogP) is 5.42. The van der Waals surface area contributed by atoms with Gasteiger partial charge in [-0.1, -0.05) is 0 Å². The fourth-order valence-electron chi connectivity index (χ4n) is 5.10. The van der Waals surface area contributed by atoms with Crippen molar-refractivity contribution in [3.8, 4) is 6.07 Å². The maximum Gasteiger partial charge on any atom is 0.274 e. The van der Waals surface area contributed by atoms with E-state index in [1.807, 2.05) is 12.3 Å². The lowest BCUT2D eigenvalue weighted by Gasteiger charge is -2.33. The second kappa shape index (κ2) is 7.66. The highest BCUT2D eigenvalue weighted by atomic mass is 19.1. The Balaban J connectivity index is 1.37. The molecule has 2 heterocycles. The third kappa shape index (κ3) is 3.40. The molecular formula is C25H23FN4O. The van der Waals surface area contributed by atoms with Crippen LogP contribution in [-0.2, 0) is 0 Å². The number of halogens is 1. The zero-order valence-corrected chi connectivity index (χ0v) is 17.3. The van der Waals surface area contributed by atoms with Gasteiger partial charge >= 0.3 is 0 Å². The average Bonchev–Trinajstić information content (AvgIpc) is 3.14. The number of aromatic nitrogens is 3. The number of nitriles is 1. The quantitative estimate of drug-likeness (QED) is 0.486. The van der Waals surface area contributed by atoms with E-state index in [1.54, 1.807) is 35.0 Å². The molecule has 5 rings (SSSR count). The van der Waals surface area contributed by atoms with Gasteiger partial charge in [0.1, 0.15) is 5.82 Å². The normalized spacial score (nSPS) is 20.0. The van der Waals surface area contributed by atoms with Crippen LogP contribution in [0.5, 0.6) is 0 Å². The van der Waals surface area contributed by atoms with E-state index in [1.165, 1.54) is 11.6 Å². The molecule has 4 aromatic rings. The van der Waals surface area contributed by atoms with Crippen LogP contribution in [0.3, 0.4) is 0 Å². The SMILES string of the molecule is C[C@H](C1CCC(c2ccnc3ccc(F)cc23)CC1)n1[nH]c2ccc(C#N)cc2c1=O. The lowest BCUT2D eigenvalue weighted by Crippen LogP contribution is -2.28. The van der Waals surface area contributed by atoms with Crippen molar-refractivity contribution in [1.29, 1.82) is 5.26 Å². The Morgan fingerprint density at radius 3 is 2.71 bits per heavy atom. The lowest BCUT2D eigenvalue weighted by atomic mass is 9.75. The molecule has 0 amide bonds. The maximum absolute atomic E-state index is 13.8. The van der Waals surface area contributed by atoms with Gasteiger partial charge in [0, 0.05) is 11.6 Å². The standard InChI is InChI=1S/C25H23FN4O/c1-15(30-25(31)22-12-16(14-27)2-8-24(22)29-30)17-3-5-18(6-4-17)20-10-11-28-23-9-7-19(26)13-21(20)23/h2,7-13,15,17-18,29H,3-6H2,1H3/t15-,17?,18?/m1/s1. The number of pyridine rings is 1. The van der Waals surface area contributed by atoms with Gasteiger partial charge in [-0.2, -0.15) is 5.26 Å². The van der Waals surface area contributed by atoms with E-state index in [-0.39, 0.29) is 17.4 Å². The summed E-state index contributed by atoms with van der Waals surface area (Å²) >= 11 is 0. The van der Waals surface area contributed by atoms with Gasteiger partial charge in [0.25, 0.3) is 5.56 Å². The zero-order chi connectivity index (χ0) is 21.5. The Morgan fingerprint density at radius 1 is 1.13 bits per heavy atom. The first-order valence-corrected chi connectivity index (χ1v) is 10.7. The molecule has 1 saturated carbocycles. The highest BCUT2D eigenvalue weighted by molar-refractivity contribution is 5.82. The molecule has 2 aromatic carbocycles. The number of aromatic amines is 1. The van der Waals surface area contributed by atoms with E-state index in [4.69, 9.17) is 5.26 Å². The van der Waals surface area contributed by atoms with E-state index < -0.39 is 0 Å². The number of nitrogens with one attached hydrogen (secondary N) is 1. The van der Waals surface area contributed by atoms with Crippen LogP contribution in [0.2, 0.25) is 0 Å². The van der Waals surface area contributed by atoms with Gasteiger partial charge in [-0.25, -0.2) is 9.07 Å². The fourth-order valence-corrected chi connectivity index (χ4v) is 5.10. The van der Waals surface area contributed by atoms with Crippen LogP contribution < -0.4 is 5.56 Å². The van der Waals surface area contributed by atoms with Crippen LogP contribution >= 0.6 is 0 Å². The van der Waals surface area contributed by atoms with E-state index >= 15 is 0 Å². The molecule has 0 radical (unpaired) electrons. The molecule has 5 nitrogen and oxygen atoms in total. The van der Waals surface area contributed by atoms with Crippen molar-refractivity contribution < 1.29 is 4.39 Å². The Kier molecular flexibility index (Phi) is 4.82. The molecule has 0 unspecified atom stereocenters. The number of fused-ring (bicyclic) bond motifs is 2. The van der Waals surface area contributed by atoms with Gasteiger partial charge in [0.05, 0.1) is 34.1 Å². The Bertz CT molecular complexity index is 1370. The highest BCUT2D eigenvalue weighted by Gasteiger charge is 2.29. The van der Waals surface area contributed by atoms with Crippen LogP contribution in [0.15, 0.2) is 53.5 Å². The van der Waals surface area contributed by atoms with Gasteiger partial charge in [-0.15, -0.1) is 0 Å². The van der Waals surface area contributed by atoms with Gasteiger partial charge in [-0.05, 0) is 92.5 Å². The summed E-state index contributed by atoms with van der Waals surface area (Å²) < 4.78 is 15.5. The Morgan fingerprint density at radius 2 is 1.94 bits per heavy atom. The molecule has 0 aliphatic heterocycles. The topological polar surface area (TPSA) is 74.5 Å². The van der Waals surface area contributed by atoms with Gasteiger partial charge in [-0.3, -0.25) is 14.9 Å². The number of hydrogen-bond acceptors (Lipinski definition) is 3. The zero-order valence-electron chi connectivity index (χ0n) is 17.3. The number of rotatable bonds is 3. The van der Waals surface area contributed by atoms with Crippen LogP contribution in [0.25, 0.3) is 21.8 Å². The van der Waals surface area contributed by atoms with Crippen molar-refractivity contribution in [1.82, 2.24) is 14.8 Å². The molecule has 1 aliphatic carbocycles. The molecular weight excluding hydrogens is 391 g/mol. The third-order valence-corrected chi connectivity index (χ3v) is 6.88. The van der Waals surface area contributed by atoms with Gasteiger partial charge < -0.3 is 0 Å². The minimum atomic E-state index is -0.234. The molecule has 1 atom stereocenters. The molecule has 0 bridgehead atoms. The van der Waals surface area contributed by atoms with Crippen molar-refractivity contribution >= 4 is 21.8 Å². The first-order valence-electron chi connectivity index (χ1n) is 10.7. The van der Waals surface area contributed by atoms with E-state index in [2.05, 4.69) is 23.1 Å². The summed E-state index contributed by atoms with van der Waals surface area (Å²) in [5, 5.41) is 13.8. The van der Waals surface area contributed by atoms with E-state index in [9.17, 15) is 9.18 Å². The summed E-state index contributed by atoms with van der Waals surface area (Å²) in [6.07, 6.45) is 5.80. The molecule has 1 aliphatic rings. The number of nitrogens with zero attached hydrogens (tertiary/aromatic N) is 3. The summed E-state index contributed by atoms with van der Waals surface area (Å²) in [6, 6.07) is 14.1. The largest absolute Gasteiger partial charge is 0.295 e. The van der Waals surface area contributed by atoms with Crippen LogP contribution in [0, 0.1) is 23.1 Å². The molecule has 2 aromatic heterocycles. The summed E-state index contributed by atoms with van der Waals surface area (Å²) in [4.78, 5) is 17.3. The van der Waals surface area contributed by atoms with Crippen molar-refractivity contribution in [3.05, 3.63) is 76.0 Å². The monoisotopic (exact) mass is 414 g/mol. The summed E-state index contributed by atoms with van der Waals surface area (Å²) in [5.41, 5.74) is 3.18. The smallest absolute Gasteiger partial charge is 0.274 e. The predicted molar refractivity (Wildman–Crippen MR) is 118 cm³/mol. The minimum Gasteiger partial charge on any atom is -0.295 e.